The molecule has 3 nitrogen and oxygen atoms in total. The summed E-state index contributed by atoms with van der Waals surface area (Å²) in [5.74, 6) is 1.59. The highest BCUT2D eigenvalue weighted by atomic mass is 16.5. The van der Waals surface area contributed by atoms with E-state index in [1.165, 1.54) is 11.1 Å². The predicted molar refractivity (Wildman–Crippen MR) is 65.3 cm³/mol. The van der Waals surface area contributed by atoms with Gasteiger partial charge in [-0.3, -0.25) is 4.98 Å². The number of rotatable bonds is 1. The molecule has 0 fully saturated rings. The molecule has 0 atom stereocenters. The van der Waals surface area contributed by atoms with Crippen LogP contribution in [0.1, 0.15) is 11.3 Å². The topological polar surface area (TPSA) is 31.4 Å². The van der Waals surface area contributed by atoms with Crippen molar-refractivity contribution in [1.82, 2.24) is 4.98 Å². The summed E-state index contributed by atoms with van der Waals surface area (Å²) in [5, 5.41) is 0. The van der Waals surface area contributed by atoms with E-state index in [2.05, 4.69) is 11.9 Å². The van der Waals surface area contributed by atoms with E-state index in [1.807, 2.05) is 30.5 Å². The molecular formula is C14H13NO2. The second-order valence-corrected chi connectivity index (χ2v) is 4.08. The summed E-state index contributed by atoms with van der Waals surface area (Å²) in [7, 11) is 1.66. The van der Waals surface area contributed by atoms with Gasteiger partial charge in [-0.05, 0) is 24.6 Å². The molecule has 3 rings (SSSR count). The first-order chi connectivity index (χ1) is 8.31. The molecule has 1 aliphatic heterocycles. The van der Waals surface area contributed by atoms with Gasteiger partial charge in [0.1, 0.15) is 6.61 Å². The lowest BCUT2D eigenvalue weighted by Gasteiger charge is -2.22. The zero-order valence-electron chi connectivity index (χ0n) is 9.86. The summed E-state index contributed by atoms with van der Waals surface area (Å²) < 4.78 is 11.1. The van der Waals surface area contributed by atoms with Crippen LogP contribution in [0, 0.1) is 6.92 Å². The average molecular weight is 227 g/mol. The van der Waals surface area contributed by atoms with Crippen molar-refractivity contribution < 1.29 is 9.47 Å². The molecule has 3 heteroatoms. The molecule has 0 saturated heterocycles. The lowest BCUT2D eigenvalue weighted by atomic mass is 9.96. The number of methoxy groups -OCH3 is 1. The van der Waals surface area contributed by atoms with E-state index in [9.17, 15) is 0 Å². The molecule has 1 aliphatic rings. The largest absolute Gasteiger partial charge is 0.493 e. The van der Waals surface area contributed by atoms with Gasteiger partial charge in [0.25, 0.3) is 0 Å². The van der Waals surface area contributed by atoms with Gasteiger partial charge in [-0.2, -0.15) is 0 Å². The molecule has 0 saturated carbocycles. The van der Waals surface area contributed by atoms with Gasteiger partial charge < -0.3 is 9.47 Å². The fraction of sp³-hybridized carbons (Fsp3) is 0.214. The maximum Gasteiger partial charge on any atom is 0.169 e. The minimum absolute atomic E-state index is 0.504. The summed E-state index contributed by atoms with van der Waals surface area (Å²) in [6, 6.07) is 7.95. The van der Waals surface area contributed by atoms with E-state index < -0.39 is 0 Å². The first-order valence-corrected chi connectivity index (χ1v) is 5.56. The number of aryl methyl sites for hydroxylation is 1. The quantitative estimate of drug-likeness (QED) is 0.750. The number of benzene rings is 1. The van der Waals surface area contributed by atoms with Crippen LogP contribution in [0.5, 0.6) is 11.5 Å². The molecular weight excluding hydrogens is 214 g/mol. The van der Waals surface area contributed by atoms with Crippen molar-refractivity contribution in [2.45, 2.75) is 13.5 Å². The SMILES string of the molecule is COc1cccc2c1OCc1nccc(C)c1-2. The van der Waals surface area contributed by atoms with Gasteiger partial charge in [0.05, 0.1) is 12.8 Å². The van der Waals surface area contributed by atoms with Gasteiger partial charge in [-0.1, -0.05) is 12.1 Å². The number of pyridine rings is 1. The smallest absolute Gasteiger partial charge is 0.169 e. The molecule has 17 heavy (non-hydrogen) atoms. The Bertz CT molecular complexity index is 578. The van der Waals surface area contributed by atoms with E-state index in [1.54, 1.807) is 7.11 Å². The third kappa shape index (κ3) is 1.46. The summed E-state index contributed by atoms with van der Waals surface area (Å²) in [5.41, 5.74) is 4.45. The van der Waals surface area contributed by atoms with Gasteiger partial charge in [-0.15, -0.1) is 0 Å². The lowest BCUT2D eigenvalue weighted by molar-refractivity contribution is 0.277. The van der Waals surface area contributed by atoms with E-state index in [4.69, 9.17) is 9.47 Å². The molecule has 0 amide bonds. The van der Waals surface area contributed by atoms with Crippen LogP contribution in [-0.2, 0) is 6.61 Å². The van der Waals surface area contributed by atoms with Crippen LogP contribution in [0.25, 0.3) is 11.1 Å². The normalized spacial score (nSPS) is 12.4. The fourth-order valence-corrected chi connectivity index (χ4v) is 2.25. The van der Waals surface area contributed by atoms with Gasteiger partial charge >= 0.3 is 0 Å². The Morgan fingerprint density at radius 3 is 3.00 bits per heavy atom. The van der Waals surface area contributed by atoms with E-state index in [-0.39, 0.29) is 0 Å². The Hall–Kier alpha value is -2.03. The minimum Gasteiger partial charge on any atom is -0.493 e. The summed E-state index contributed by atoms with van der Waals surface area (Å²) in [6.45, 7) is 2.60. The van der Waals surface area contributed by atoms with Crippen molar-refractivity contribution in [2.75, 3.05) is 7.11 Å². The zero-order chi connectivity index (χ0) is 11.8. The number of nitrogens with zero attached hydrogens (tertiary/aromatic N) is 1. The molecule has 2 heterocycles. The molecule has 0 unspecified atom stereocenters. The predicted octanol–water partition coefficient (Wildman–Crippen LogP) is 2.96. The Morgan fingerprint density at radius 2 is 2.18 bits per heavy atom. The van der Waals surface area contributed by atoms with Crippen LogP contribution in [0.2, 0.25) is 0 Å². The van der Waals surface area contributed by atoms with Crippen molar-refractivity contribution >= 4 is 0 Å². The highest BCUT2D eigenvalue weighted by Crippen LogP contribution is 2.43. The second kappa shape index (κ2) is 3.77. The summed E-state index contributed by atoms with van der Waals surface area (Å²) in [6.07, 6.45) is 1.82. The molecule has 1 aromatic heterocycles. The minimum atomic E-state index is 0.504. The summed E-state index contributed by atoms with van der Waals surface area (Å²) >= 11 is 0. The van der Waals surface area contributed by atoms with Crippen LogP contribution in [0.4, 0.5) is 0 Å². The van der Waals surface area contributed by atoms with Gasteiger partial charge in [-0.25, -0.2) is 0 Å². The second-order valence-electron chi connectivity index (χ2n) is 4.08. The molecule has 0 spiro atoms. The number of hydrogen-bond donors (Lipinski definition) is 0. The maximum atomic E-state index is 5.74. The average Bonchev–Trinajstić information content (AvgIpc) is 2.37. The van der Waals surface area contributed by atoms with Crippen molar-refractivity contribution in [2.24, 2.45) is 0 Å². The van der Waals surface area contributed by atoms with Crippen LogP contribution in [-0.4, -0.2) is 12.1 Å². The molecule has 0 aliphatic carbocycles. The summed E-state index contributed by atoms with van der Waals surface area (Å²) in [4.78, 5) is 4.37. The maximum absolute atomic E-state index is 5.74. The number of ether oxygens (including phenoxy) is 2. The number of hydrogen-bond acceptors (Lipinski definition) is 3. The first-order valence-electron chi connectivity index (χ1n) is 5.56. The monoisotopic (exact) mass is 227 g/mol. The van der Waals surface area contributed by atoms with Crippen molar-refractivity contribution in [3.63, 3.8) is 0 Å². The van der Waals surface area contributed by atoms with Crippen molar-refractivity contribution in [3.05, 3.63) is 41.7 Å². The molecule has 86 valence electrons. The molecule has 0 N–H and O–H groups in total. The first kappa shape index (κ1) is 10.1. The lowest BCUT2D eigenvalue weighted by Crippen LogP contribution is -2.09. The van der Waals surface area contributed by atoms with Crippen LogP contribution in [0.15, 0.2) is 30.5 Å². The Kier molecular flexibility index (Phi) is 2.25. The van der Waals surface area contributed by atoms with Crippen molar-refractivity contribution in [3.8, 4) is 22.6 Å². The fourth-order valence-electron chi connectivity index (χ4n) is 2.25. The van der Waals surface area contributed by atoms with E-state index in [0.29, 0.717) is 6.61 Å². The molecule has 2 aromatic rings. The highest BCUT2D eigenvalue weighted by Gasteiger charge is 2.22. The van der Waals surface area contributed by atoms with Crippen LogP contribution in [0.3, 0.4) is 0 Å². The van der Waals surface area contributed by atoms with Gasteiger partial charge in [0.15, 0.2) is 11.5 Å². The van der Waals surface area contributed by atoms with Gasteiger partial charge in [0.2, 0.25) is 0 Å². The van der Waals surface area contributed by atoms with Crippen molar-refractivity contribution in [1.29, 1.82) is 0 Å². The molecule has 1 aromatic carbocycles. The van der Waals surface area contributed by atoms with Crippen LogP contribution < -0.4 is 9.47 Å². The Balaban J connectivity index is 2.30. The number of para-hydroxylation sites is 1. The number of aromatic nitrogens is 1. The molecule has 0 radical (unpaired) electrons. The Morgan fingerprint density at radius 1 is 1.29 bits per heavy atom. The Labute approximate surface area is 100 Å². The van der Waals surface area contributed by atoms with Crippen LogP contribution >= 0.6 is 0 Å². The number of fused-ring (bicyclic) bond motifs is 3. The standard InChI is InChI=1S/C14H13NO2/c1-9-6-7-15-11-8-17-14-10(13(9)11)4-3-5-12(14)16-2/h3-7H,8H2,1-2H3. The van der Waals surface area contributed by atoms with E-state index >= 15 is 0 Å². The third-order valence-corrected chi connectivity index (χ3v) is 3.06. The zero-order valence-corrected chi connectivity index (χ0v) is 9.86. The van der Waals surface area contributed by atoms with Gasteiger partial charge in [0, 0.05) is 17.3 Å². The van der Waals surface area contributed by atoms with E-state index in [0.717, 1.165) is 22.8 Å². The highest BCUT2D eigenvalue weighted by molar-refractivity contribution is 5.79. The third-order valence-electron chi connectivity index (χ3n) is 3.06. The molecule has 0 bridgehead atoms.